The maximum atomic E-state index is 13.8. The van der Waals surface area contributed by atoms with E-state index >= 15 is 0 Å². The number of primary amides is 1. The number of anilines is 1. The van der Waals surface area contributed by atoms with Crippen LogP contribution >= 0.6 is 0 Å². The first-order valence-electron chi connectivity index (χ1n) is 8.54. The summed E-state index contributed by atoms with van der Waals surface area (Å²) in [7, 11) is 0. The molecule has 1 atom stereocenters. The number of pyridine rings is 1. The third-order valence-corrected chi connectivity index (χ3v) is 5.38. The van der Waals surface area contributed by atoms with Crippen LogP contribution in [-0.2, 0) is 12.8 Å². The van der Waals surface area contributed by atoms with Crippen LogP contribution in [0.2, 0.25) is 0 Å². The lowest BCUT2D eigenvalue weighted by Crippen LogP contribution is -2.47. The summed E-state index contributed by atoms with van der Waals surface area (Å²) in [4.78, 5) is 18.4. The van der Waals surface area contributed by atoms with E-state index in [1.165, 1.54) is 6.92 Å². The Labute approximate surface area is 141 Å². The molecular formula is C18H25F2N3O. The number of fused-ring (bicyclic) bond motifs is 1. The van der Waals surface area contributed by atoms with Crippen molar-refractivity contribution < 1.29 is 13.6 Å². The van der Waals surface area contributed by atoms with E-state index in [9.17, 15) is 13.6 Å². The molecule has 24 heavy (non-hydrogen) atoms. The van der Waals surface area contributed by atoms with Gasteiger partial charge in [0.05, 0.1) is 5.56 Å². The lowest BCUT2D eigenvalue weighted by Gasteiger charge is -2.39. The van der Waals surface area contributed by atoms with Crippen LogP contribution in [0.1, 0.15) is 55.2 Å². The molecule has 1 aliphatic heterocycles. The summed E-state index contributed by atoms with van der Waals surface area (Å²) in [6, 6.07) is 1.83. The second kappa shape index (κ2) is 5.67. The molecule has 2 aliphatic rings. The van der Waals surface area contributed by atoms with Gasteiger partial charge in [0.2, 0.25) is 0 Å². The zero-order valence-corrected chi connectivity index (χ0v) is 14.5. The minimum absolute atomic E-state index is 0.160. The van der Waals surface area contributed by atoms with Crippen molar-refractivity contribution in [2.45, 2.75) is 52.4 Å². The smallest absolute Gasteiger partial charge is 0.254 e. The SMILES string of the molecule is CC1CN(c2nc3c(cc2C(N)=O)CCC(C)(C)C3)CCC1(F)F. The van der Waals surface area contributed by atoms with Crippen LogP contribution in [0.5, 0.6) is 0 Å². The zero-order chi connectivity index (χ0) is 17.7. The molecule has 6 heteroatoms. The number of aromatic nitrogens is 1. The minimum Gasteiger partial charge on any atom is -0.365 e. The predicted molar refractivity (Wildman–Crippen MR) is 89.5 cm³/mol. The largest absolute Gasteiger partial charge is 0.365 e. The molecule has 1 amide bonds. The number of hydrogen-bond acceptors (Lipinski definition) is 3. The summed E-state index contributed by atoms with van der Waals surface area (Å²) in [5.74, 6) is -3.52. The standard InChI is InChI=1S/C18H25F2N3O/c1-11-10-23(7-6-18(11,19)20)16-13(15(21)24)8-12-4-5-17(2,3)9-14(12)22-16/h8,11H,4-7,9-10H2,1-3H3,(H2,21,24). The maximum absolute atomic E-state index is 13.8. The van der Waals surface area contributed by atoms with Gasteiger partial charge >= 0.3 is 0 Å². The molecule has 0 aromatic carbocycles. The second-order valence-corrected chi connectivity index (χ2v) is 8.03. The summed E-state index contributed by atoms with van der Waals surface area (Å²) in [6.45, 7) is 6.30. The third-order valence-electron chi connectivity index (χ3n) is 5.38. The molecule has 1 aromatic heterocycles. The van der Waals surface area contributed by atoms with Gasteiger partial charge < -0.3 is 10.6 Å². The highest BCUT2D eigenvalue weighted by molar-refractivity contribution is 5.98. The number of nitrogens with two attached hydrogens (primary N) is 1. The number of aryl methyl sites for hydroxylation is 1. The molecule has 1 saturated heterocycles. The van der Waals surface area contributed by atoms with Crippen molar-refractivity contribution in [1.29, 1.82) is 0 Å². The lowest BCUT2D eigenvalue weighted by molar-refractivity contribution is -0.0652. The molecule has 2 N–H and O–H groups in total. The Hall–Kier alpha value is -1.72. The molecule has 0 bridgehead atoms. The fourth-order valence-electron chi connectivity index (χ4n) is 3.67. The van der Waals surface area contributed by atoms with Gasteiger partial charge in [0.1, 0.15) is 5.82 Å². The zero-order valence-electron chi connectivity index (χ0n) is 14.5. The molecule has 1 fully saturated rings. The van der Waals surface area contributed by atoms with E-state index in [0.717, 1.165) is 30.5 Å². The average Bonchev–Trinajstić information content (AvgIpc) is 2.47. The number of piperidine rings is 1. The van der Waals surface area contributed by atoms with Gasteiger partial charge in [-0.05, 0) is 36.3 Å². The fraction of sp³-hybridized carbons (Fsp3) is 0.667. The Bertz CT molecular complexity index is 672. The van der Waals surface area contributed by atoms with E-state index in [1.54, 1.807) is 4.90 Å². The molecule has 1 aromatic rings. The highest BCUT2D eigenvalue weighted by Crippen LogP contribution is 2.38. The molecule has 0 radical (unpaired) electrons. The molecule has 3 rings (SSSR count). The van der Waals surface area contributed by atoms with Gasteiger partial charge in [-0.25, -0.2) is 13.8 Å². The van der Waals surface area contributed by atoms with Gasteiger partial charge in [0, 0.05) is 31.1 Å². The van der Waals surface area contributed by atoms with Crippen LogP contribution in [-0.4, -0.2) is 29.9 Å². The number of alkyl halides is 2. The van der Waals surface area contributed by atoms with E-state index in [0.29, 0.717) is 11.4 Å². The predicted octanol–water partition coefficient (Wildman–Crippen LogP) is 3.18. The van der Waals surface area contributed by atoms with E-state index in [1.807, 2.05) is 6.07 Å². The van der Waals surface area contributed by atoms with E-state index in [-0.39, 0.29) is 24.9 Å². The third kappa shape index (κ3) is 3.10. The fourth-order valence-corrected chi connectivity index (χ4v) is 3.67. The highest BCUT2D eigenvalue weighted by atomic mass is 19.3. The molecule has 4 nitrogen and oxygen atoms in total. The Morgan fingerprint density at radius 1 is 1.38 bits per heavy atom. The first-order chi connectivity index (χ1) is 11.1. The molecule has 1 unspecified atom stereocenters. The van der Waals surface area contributed by atoms with Gasteiger partial charge in [-0.1, -0.05) is 20.8 Å². The number of carbonyl (C=O) groups is 1. The Balaban J connectivity index is 1.99. The highest BCUT2D eigenvalue weighted by Gasteiger charge is 2.42. The normalized spacial score (nSPS) is 25.2. The number of amides is 1. The Morgan fingerprint density at radius 2 is 2.08 bits per heavy atom. The van der Waals surface area contributed by atoms with Gasteiger partial charge in [-0.15, -0.1) is 0 Å². The van der Waals surface area contributed by atoms with Crippen molar-refractivity contribution >= 4 is 11.7 Å². The average molecular weight is 337 g/mol. The number of hydrogen-bond donors (Lipinski definition) is 1. The van der Waals surface area contributed by atoms with E-state index in [4.69, 9.17) is 10.7 Å². The summed E-state index contributed by atoms with van der Waals surface area (Å²) in [5, 5.41) is 0. The molecular weight excluding hydrogens is 312 g/mol. The van der Waals surface area contributed by atoms with Crippen molar-refractivity contribution in [2.75, 3.05) is 18.0 Å². The summed E-state index contributed by atoms with van der Waals surface area (Å²) in [6.07, 6.45) is 2.50. The van der Waals surface area contributed by atoms with Gasteiger partial charge in [0.25, 0.3) is 11.8 Å². The van der Waals surface area contributed by atoms with Crippen LogP contribution in [0, 0.1) is 11.3 Å². The first-order valence-corrected chi connectivity index (χ1v) is 8.54. The number of carbonyl (C=O) groups excluding carboxylic acids is 1. The molecule has 2 heterocycles. The summed E-state index contributed by atoms with van der Waals surface area (Å²) >= 11 is 0. The quantitative estimate of drug-likeness (QED) is 0.902. The molecule has 0 spiro atoms. The van der Waals surface area contributed by atoms with Crippen LogP contribution in [0.15, 0.2) is 6.07 Å². The second-order valence-electron chi connectivity index (χ2n) is 8.03. The van der Waals surface area contributed by atoms with E-state index < -0.39 is 17.7 Å². The van der Waals surface area contributed by atoms with E-state index in [2.05, 4.69) is 13.8 Å². The van der Waals surface area contributed by atoms with Crippen LogP contribution in [0.3, 0.4) is 0 Å². The number of rotatable bonds is 2. The minimum atomic E-state index is -2.67. The number of nitrogens with zero attached hydrogens (tertiary/aromatic N) is 2. The van der Waals surface area contributed by atoms with Crippen molar-refractivity contribution in [3.63, 3.8) is 0 Å². The van der Waals surface area contributed by atoms with Gasteiger partial charge in [-0.3, -0.25) is 4.79 Å². The molecule has 1 aliphatic carbocycles. The van der Waals surface area contributed by atoms with Crippen molar-refractivity contribution in [2.24, 2.45) is 17.1 Å². The summed E-state index contributed by atoms with van der Waals surface area (Å²) < 4.78 is 27.6. The van der Waals surface area contributed by atoms with Gasteiger partial charge in [-0.2, -0.15) is 0 Å². The Kier molecular flexibility index (Phi) is 4.04. The lowest BCUT2D eigenvalue weighted by atomic mass is 9.76. The van der Waals surface area contributed by atoms with Crippen molar-refractivity contribution in [3.05, 3.63) is 22.9 Å². The number of halogens is 2. The maximum Gasteiger partial charge on any atom is 0.254 e. The summed E-state index contributed by atoms with van der Waals surface area (Å²) in [5.41, 5.74) is 8.08. The van der Waals surface area contributed by atoms with Gasteiger partial charge in [0.15, 0.2) is 0 Å². The van der Waals surface area contributed by atoms with Crippen LogP contribution in [0.4, 0.5) is 14.6 Å². The van der Waals surface area contributed by atoms with Crippen LogP contribution < -0.4 is 10.6 Å². The van der Waals surface area contributed by atoms with Crippen molar-refractivity contribution in [3.8, 4) is 0 Å². The molecule has 0 saturated carbocycles. The van der Waals surface area contributed by atoms with Crippen molar-refractivity contribution in [1.82, 2.24) is 4.98 Å². The first kappa shape index (κ1) is 17.1. The Morgan fingerprint density at radius 3 is 2.71 bits per heavy atom. The van der Waals surface area contributed by atoms with Crippen LogP contribution in [0.25, 0.3) is 0 Å². The topological polar surface area (TPSA) is 59.2 Å². The monoisotopic (exact) mass is 337 g/mol. The molecule has 132 valence electrons.